The summed E-state index contributed by atoms with van der Waals surface area (Å²) in [6.45, 7) is 9.89. The van der Waals surface area contributed by atoms with Crippen LogP contribution in [-0.4, -0.2) is 0 Å². The first kappa shape index (κ1) is 14.4. The highest BCUT2D eigenvalue weighted by molar-refractivity contribution is 4.94. The minimum atomic E-state index is 0.714. The van der Waals surface area contributed by atoms with Crippen LogP contribution in [0.2, 0.25) is 0 Å². The van der Waals surface area contributed by atoms with Gasteiger partial charge in [0.15, 0.2) is 0 Å². The van der Waals surface area contributed by atoms with E-state index in [9.17, 15) is 0 Å². The summed E-state index contributed by atoms with van der Waals surface area (Å²) in [5.41, 5.74) is 0.714. The first-order valence-electron chi connectivity index (χ1n) is 8.56. The molecule has 2 unspecified atom stereocenters. The predicted octanol–water partition coefficient (Wildman–Crippen LogP) is 6.06. The first-order valence-corrected chi connectivity index (χ1v) is 8.56. The average molecular weight is 250 g/mol. The van der Waals surface area contributed by atoms with E-state index in [0.717, 1.165) is 23.7 Å². The van der Waals surface area contributed by atoms with Crippen LogP contribution in [0.1, 0.15) is 85.5 Å². The van der Waals surface area contributed by atoms with Gasteiger partial charge in [0.25, 0.3) is 0 Å². The van der Waals surface area contributed by atoms with E-state index in [1.165, 1.54) is 57.8 Å². The molecule has 106 valence electrons. The molecular formula is C18H34. The van der Waals surface area contributed by atoms with Gasteiger partial charge in [0.05, 0.1) is 0 Å². The second kappa shape index (κ2) is 5.97. The molecule has 0 radical (unpaired) electrons. The summed E-state index contributed by atoms with van der Waals surface area (Å²) in [4.78, 5) is 0. The highest BCUT2D eigenvalue weighted by Gasteiger charge is 2.43. The maximum Gasteiger partial charge on any atom is -0.0246 e. The Morgan fingerprint density at radius 1 is 0.833 bits per heavy atom. The molecule has 2 atom stereocenters. The van der Waals surface area contributed by atoms with Gasteiger partial charge in [-0.25, -0.2) is 0 Å². The van der Waals surface area contributed by atoms with E-state index in [1.54, 1.807) is 0 Å². The normalized spacial score (nSPS) is 33.0. The zero-order valence-corrected chi connectivity index (χ0v) is 13.2. The van der Waals surface area contributed by atoms with Gasteiger partial charge in [0, 0.05) is 0 Å². The van der Waals surface area contributed by atoms with E-state index in [-0.39, 0.29) is 0 Å². The summed E-state index contributed by atoms with van der Waals surface area (Å²) in [6, 6.07) is 0. The Hall–Kier alpha value is 0. The van der Waals surface area contributed by atoms with Gasteiger partial charge in [0.2, 0.25) is 0 Å². The molecule has 0 spiro atoms. The third-order valence-corrected chi connectivity index (χ3v) is 6.40. The summed E-state index contributed by atoms with van der Waals surface area (Å²) in [5, 5.41) is 0. The van der Waals surface area contributed by atoms with Crippen LogP contribution in [0, 0.1) is 29.1 Å². The molecule has 18 heavy (non-hydrogen) atoms. The second-order valence-corrected chi connectivity index (χ2v) is 7.82. The molecule has 0 N–H and O–H groups in total. The van der Waals surface area contributed by atoms with E-state index in [2.05, 4.69) is 27.7 Å². The van der Waals surface area contributed by atoms with E-state index in [0.29, 0.717) is 5.41 Å². The van der Waals surface area contributed by atoms with Gasteiger partial charge in [0.1, 0.15) is 0 Å². The highest BCUT2D eigenvalue weighted by atomic mass is 14.5. The molecule has 2 fully saturated rings. The van der Waals surface area contributed by atoms with Crippen molar-refractivity contribution in [2.45, 2.75) is 85.5 Å². The number of hydrogen-bond donors (Lipinski definition) is 0. The maximum absolute atomic E-state index is 2.50. The van der Waals surface area contributed by atoms with Crippen LogP contribution in [0.5, 0.6) is 0 Å². The molecule has 0 bridgehead atoms. The fraction of sp³-hybridized carbons (Fsp3) is 1.00. The molecule has 0 heteroatoms. The summed E-state index contributed by atoms with van der Waals surface area (Å²) in [7, 11) is 0. The van der Waals surface area contributed by atoms with Crippen LogP contribution in [0.15, 0.2) is 0 Å². The fourth-order valence-electron chi connectivity index (χ4n) is 5.02. The van der Waals surface area contributed by atoms with Crippen molar-refractivity contribution in [3.8, 4) is 0 Å². The summed E-state index contributed by atoms with van der Waals surface area (Å²) < 4.78 is 0. The van der Waals surface area contributed by atoms with Crippen LogP contribution in [0.25, 0.3) is 0 Å². The van der Waals surface area contributed by atoms with Gasteiger partial charge in [-0.15, -0.1) is 0 Å². The number of hydrogen-bond acceptors (Lipinski definition) is 0. The first-order chi connectivity index (χ1) is 8.56. The molecule has 0 nitrogen and oxygen atoms in total. The molecule has 0 saturated heterocycles. The van der Waals surface area contributed by atoms with Gasteiger partial charge < -0.3 is 0 Å². The highest BCUT2D eigenvalue weighted by Crippen LogP contribution is 2.54. The lowest BCUT2D eigenvalue weighted by atomic mass is 9.55. The summed E-state index contributed by atoms with van der Waals surface area (Å²) in [5.74, 6) is 3.86. The molecular weight excluding hydrogens is 216 g/mol. The fourth-order valence-corrected chi connectivity index (χ4v) is 5.02. The van der Waals surface area contributed by atoms with Crippen molar-refractivity contribution in [2.75, 3.05) is 0 Å². The molecule has 2 rings (SSSR count). The molecule has 2 aliphatic carbocycles. The van der Waals surface area contributed by atoms with Crippen molar-refractivity contribution < 1.29 is 0 Å². The molecule has 0 aromatic rings. The van der Waals surface area contributed by atoms with Crippen LogP contribution in [0.3, 0.4) is 0 Å². The van der Waals surface area contributed by atoms with E-state index in [4.69, 9.17) is 0 Å². The third-order valence-electron chi connectivity index (χ3n) is 6.40. The lowest BCUT2D eigenvalue weighted by Crippen LogP contribution is -2.40. The lowest BCUT2D eigenvalue weighted by molar-refractivity contribution is 0.0000900. The number of rotatable bonds is 3. The van der Waals surface area contributed by atoms with Crippen LogP contribution in [0.4, 0.5) is 0 Å². The zero-order valence-electron chi connectivity index (χ0n) is 13.2. The smallest absolute Gasteiger partial charge is 0.0246 e. The Kier molecular flexibility index (Phi) is 4.78. The molecule has 2 aliphatic rings. The van der Waals surface area contributed by atoms with Crippen molar-refractivity contribution in [3.05, 3.63) is 0 Å². The van der Waals surface area contributed by atoms with Gasteiger partial charge in [-0.3, -0.25) is 0 Å². The van der Waals surface area contributed by atoms with Crippen LogP contribution >= 0.6 is 0 Å². The Morgan fingerprint density at radius 2 is 1.50 bits per heavy atom. The van der Waals surface area contributed by atoms with Gasteiger partial charge in [-0.05, 0) is 54.8 Å². The predicted molar refractivity (Wildman–Crippen MR) is 80.6 cm³/mol. The van der Waals surface area contributed by atoms with Gasteiger partial charge >= 0.3 is 0 Å². The molecule has 0 aromatic heterocycles. The quantitative estimate of drug-likeness (QED) is 0.571. The van der Waals surface area contributed by atoms with E-state index >= 15 is 0 Å². The Bertz CT molecular complexity index is 245. The topological polar surface area (TPSA) is 0 Å². The van der Waals surface area contributed by atoms with Gasteiger partial charge in [-0.2, -0.15) is 0 Å². The third kappa shape index (κ3) is 2.78. The molecule has 0 aromatic carbocycles. The SMILES string of the molecule is CC(C)C1CCCC(C2(C(C)C)CCCCC2)C1. The largest absolute Gasteiger partial charge is 0.0625 e. The van der Waals surface area contributed by atoms with Crippen LogP contribution in [-0.2, 0) is 0 Å². The minimum Gasteiger partial charge on any atom is -0.0625 e. The monoisotopic (exact) mass is 250 g/mol. The van der Waals surface area contributed by atoms with Gasteiger partial charge in [-0.1, -0.05) is 59.8 Å². The van der Waals surface area contributed by atoms with Crippen molar-refractivity contribution in [2.24, 2.45) is 29.1 Å². The van der Waals surface area contributed by atoms with Crippen molar-refractivity contribution in [1.29, 1.82) is 0 Å². The zero-order chi connectivity index (χ0) is 13.2. The molecule has 0 aliphatic heterocycles. The summed E-state index contributed by atoms with van der Waals surface area (Å²) >= 11 is 0. The van der Waals surface area contributed by atoms with Crippen molar-refractivity contribution in [3.63, 3.8) is 0 Å². The Labute approximate surface area is 115 Å². The lowest BCUT2D eigenvalue weighted by Gasteiger charge is -2.50. The second-order valence-electron chi connectivity index (χ2n) is 7.82. The van der Waals surface area contributed by atoms with Crippen molar-refractivity contribution >= 4 is 0 Å². The standard InChI is InChI=1S/C18H34/c1-14(2)16-9-8-10-17(13-16)18(15(3)4)11-6-5-7-12-18/h14-17H,5-13H2,1-4H3. The maximum atomic E-state index is 2.50. The van der Waals surface area contributed by atoms with E-state index in [1.807, 2.05) is 0 Å². The Balaban J connectivity index is 2.10. The minimum absolute atomic E-state index is 0.714. The molecule has 2 saturated carbocycles. The Morgan fingerprint density at radius 3 is 2.06 bits per heavy atom. The molecule has 0 heterocycles. The molecule has 0 amide bonds. The summed E-state index contributed by atoms with van der Waals surface area (Å²) in [6.07, 6.45) is 13.6. The van der Waals surface area contributed by atoms with Crippen molar-refractivity contribution in [1.82, 2.24) is 0 Å². The van der Waals surface area contributed by atoms with Crippen LogP contribution < -0.4 is 0 Å². The average Bonchev–Trinajstić information content (AvgIpc) is 2.39. The van der Waals surface area contributed by atoms with E-state index < -0.39 is 0 Å².